The molecule has 0 aromatic heterocycles. The molecule has 1 aromatic rings. The van der Waals surface area contributed by atoms with Crippen LogP contribution in [-0.2, 0) is 0 Å². The highest BCUT2D eigenvalue weighted by Gasteiger charge is 2.20. The summed E-state index contributed by atoms with van der Waals surface area (Å²) in [6.45, 7) is 17.4. The monoisotopic (exact) mass is 276 g/mol. The van der Waals surface area contributed by atoms with Gasteiger partial charge in [0.25, 0.3) is 0 Å². The molecule has 0 aliphatic rings. The highest BCUT2D eigenvalue weighted by Crippen LogP contribution is 2.38. The topological polar surface area (TPSA) is 9.23 Å². The highest BCUT2D eigenvalue weighted by atomic mass is 28.2. The van der Waals surface area contributed by atoms with Gasteiger partial charge in [-0.3, -0.25) is 0 Å². The third kappa shape index (κ3) is 3.72. The molecule has 1 aromatic carbocycles. The molecule has 0 saturated heterocycles. The Hall–Kier alpha value is -1.02. The maximum Gasteiger partial charge on any atom is 0.243 e. The Labute approximate surface area is 121 Å². The lowest BCUT2D eigenvalue weighted by Gasteiger charge is -2.25. The predicted octanol–water partition coefficient (Wildman–Crippen LogP) is 4.66. The fourth-order valence-electron chi connectivity index (χ4n) is 2.65. The molecule has 0 atom stereocenters. The number of hydrogen-bond acceptors (Lipinski definition) is 1. The quantitative estimate of drug-likeness (QED) is 0.686. The van der Waals surface area contributed by atoms with Gasteiger partial charge in [-0.25, -0.2) is 0 Å². The van der Waals surface area contributed by atoms with Gasteiger partial charge in [-0.05, 0) is 40.5 Å². The van der Waals surface area contributed by atoms with Gasteiger partial charge in [0.15, 0.2) is 0 Å². The summed E-state index contributed by atoms with van der Waals surface area (Å²) in [7, 11) is -0.638. The Morgan fingerprint density at radius 2 is 1.53 bits per heavy atom. The third-order valence-corrected chi connectivity index (χ3v) is 4.13. The van der Waals surface area contributed by atoms with Crippen molar-refractivity contribution in [2.24, 2.45) is 0 Å². The van der Waals surface area contributed by atoms with E-state index in [2.05, 4.69) is 60.3 Å². The molecule has 1 rings (SSSR count). The molecule has 0 fully saturated rings. The van der Waals surface area contributed by atoms with Gasteiger partial charge in [-0.15, -0.1) is 6.58 Å². The molecular weight excluding hydrogens is 248 g/mol. The summed E-state index contributed by atoms with van der Waals surface area (Å²) in [5, 5.41) is 0. The minimum atomic E-state index is -0.638. The summed E-state index contributed by atoms with van der Waals surface area (Å²) in [6, 6.07) is 4.41. The summed E-state index contributed by atoms with van der Waals surface area (Å²) in [5.74, 6) is 2.66. The van der Waals surface area contributed by atoms with Crippen molar-refractivity contribution in [1.82, 2.24) is 0 Å². The van der Waals surface area contributed by atoms with E-state index in [0.29, 0.717) is 17.8 Å². The Morgan fingerprint density at radius 3 is 1.95 bits per heavy atom. The van der Waals surface area contributed by atoms with Crippen LogP contribution in [0.3, 0.4) is 0 Å². The largest absolute Gasteiger partial charge is 0.545 e. The van der Waals surface area contributed by atoms with Crippen molar-refractivity contribution in [3.8, 4) is 5.75 Å². The van der Waals surface area contributed by atoms with Crippen LogP contribution < -0.4 is 4.43 Å². The zero-order valence-corrected chi connectivity index (χ0v) is 14.7. The smallest absolute Gasteiger partial charge is 0.243 e. The molecule has 0 amide bonds. The summed E-state index contributed by atoms with van der Waals surface area (Å²) in [6.07, 6.45) is 0. The maximum absolute atomic E-state index is 5.99. The van der Waals surface area contributed by atoms with Crippen LogP contribution in [-0.4, -0.2) is 9.76 Å². The lowest BCUT2D eigenvalue weighted by Crippen LogP contribution is -2.09. The summed E-state index contributed by atoms with van der Waals surface area (Å²) >= 11 is 0. The zero-order valence-electron chi connectivity index (χ0n) is 13.3. The average Bonchev–Trinajstić information content (AvgIpc) is 2.34. The minimum absolute atomic E-state index is 0.491. The number of rotatable bonds is 6. The number of benzene rings is 1. The fourth-order valence-corrected chi connectivity index (χ4v) is 3.20. The molecular formula is C17H28OSi. The summed E-state index contributed by atoms with van der Waals surface area (Å²) in [4.78, 5) is 0. The van der Waals surface area contributed by atoms with Crippen molar-refractivity contribution < 1.29 is 4.43 Å². The highest BCUT2D eigenvalue weighted by molar-refractivity contribution is 6.35. The fraction of sp³-hybridized carbons (Fsp3) is 0.529. The maximum atomic E-state index is 5.99. The van der Waals surface area contributed by atoms with E-state index in [1.165, 1.54) is 16.7 Å². The Morgan fingerprint density at radius 1 is 0.947 bits per heavy atom. The molecule has 0 N–H and O–H groups in total. The molecule has 0 aliphatic heterocycles. The van der Waals surface area contributed by atoms with Gasteiger partial charge >= 0.3 is 0 Å². The second-order valence-corrected chi connectivity index (χ2v) is 7.24. The molecule has 19 heavy (non-hydrogen) atoms. The van der Waals surface area contributed by atoms with E-state index >= 15 is 0 Å². The Kier molecular flexibility index (Phi) is 5.86. The van der Waals surface area contributed by atoms with E-state index in [1.807, 2.05) is 5.70 Å². The first-order valence-electron chi connectivity index (χ1n) is 7.30. The van der Waals surface area contributed by atoms with Crippen molar-refractivity contribution >= 4 is 9.76 Å². The first-order chi connectivity index (χ1) is 8.90. The lowest BCUT2D eigenvalue weighted by atomic mass is 9.83. The molecule has 2 heteroatoms. The molecule has 0 heterocycles. The molecule has 0 radical (unpaired) electrons. The lowest BCUT2D eigenvalue weighted by molar-refractivity contribution is 0.579. The molecule has 1 nitrogen and oxygen atoms in total. The van der Waals surface area contributed by atoms with Crippen molar-refractivity contribution in [2.45, 2.75) is 59.3 Å². The van der Waals surface area contributed by atoms with E-state index < -0.39 is 9.76 Å². The van der Waals surface area contributed by atoms with E-state index in [9.17, 15) is 0 Å². The second kappa shape index (κ2) is 6.95. The van der Waals surface area contributed by atoms with Gasteiger partial charge in [0.1, 0.15) is 5.75 Å². The van der Waals surface area contributed by atoms with Gasteiger partial charge in [0.05, 0.1) is 0 Å². The molecule has 0 bridgehead atoms. The van der Waals surface area contributed by atoms with Gasteiger partial charge in [0.2, 0.25) is 9.76 Å². The molecule has 0 saturated carbocycles. The minimum Gasteiger partial charge on any atom is -0.545 e. The van der Waals surface area contributed by atoms with Crippen LogP contribution in [0, 0.1) is 0 Å². The second-order valence-electron chi connectivity index (χ2n) is 6.04. The molecule has 0 spiro atoms. The van der Waals surface area contributed by atoms with Crippen LogP contribution in [0.1, 0.15) is 76.0 Å². The summed E-state index contributed by atoms with van der Waals surface area (Å²) < 4.78 is 5.99. The first kappa shape index (κ1) is 16.0. The van der Waals surface area contributed by atoms with Crippen LogP contribution in [0.4, 0.5) is 0 Å². The van der Waals surface area contributed by atoms with E-state index in [-0.39, 0.29) is 0 Å². The molecule has 0 aliphatic carbocycles. The van der Waals surface area contributed by atoms with Crippen molar-refractivity contribution in [2.75, 3.05) is 0 Å². The Bertz CT molecular complexity index is 433. The SMILES string of the molecule is C=C[SiH2]Oc1ccc(C(C)C)c(C(C)C)c1C(C)C. The molecule has 0 unspecified atom stereocenters. The van der Waals surface area contributed by atoms with Crippen molar-refractivity contribution in [3.63, 3.8) is 0 Å². The normalized spacial score (nSPS) is 12.1. The van der Waals surface area contributed by atoms with Crippen LogP contribution in [0.25, 0.3) is 0 Å². The van der Waals surface area contributed by atoms with Crippen LogP contribution in [0.5, 0.6) is 5.75 Å². The van der Waals surface area contributed by atoms with Crippen LogP contribution in [0.15, 0.2) is 24.4 Å². The third-order valence-electron chi connectivity index (χ3n) is 3.41. The van der Waals surface area contributed by atoms with E-state index in [1.54, 1.807) is 0 Å². The first-order valence-corrected chi connectivity index (χ1v) is 8.69. The van der Waals surface area contributed by atoms with Crippen LogP contribution >= 0.6 is 0 Å². The van der Waals surface area contributed by atoms with Crippen molar-refractivity contribution in [3.05, 3.63) is 41.1 Å². The molecule has 106 valence electrons. The summed E-state index contributed by atoms with van der Waals surface area (Å²) in [5.41, 5.74) is 6.29. The van der Waals surface area contributed by atoms with Gasteiger partial charge in [-0.2, -0.15) is 0 Å². The van der Waals surface area contributed by atoms with Gasteiger partial charge < -0.3 is 4.43 Å². The predicted molar refractivity (Wildman–Crippen MR) is 88.1 cm³/mol. The van der Waals surface area contributed by atoms with E-state index in [0.717, 1.165) is 5.75 Å². The van der Waals surface area contributed by atoms with Crippen molar-refractivity contribution in [1.29, 1.82) is 0 Å². The van der Waals surface area contributed by atoms with Gasteiger partial charge in [0, 0.05) is 0 Å². The number of hydrogen-bond donors (Lipinski definition) is 0. The Balaban J connectivity index is 3.44. The zero-order chi connectivity index (χ0) is 14.6. The van der Waals surface area contributed by atoms with Crippen LogP contribution in [0.2, 0.25) is 0 Å². The average molecular weight is 276 g/mol. The standard InChI is InChI=1S/C17H28OSi/c1-8-19-18-15-10-9-14(11(2)3)16(12(4)5)17(15)13(6)7/h8-13H,1,19H2,2-7H3. The van der Waals surface area contributed by atoms with E-state index in [4.69, 9.17) is 4.43 Å². The van der Waals surface area contributed by atoms with Gasteiger partial charge in [-0.1, -0.05) is 53.3 Å².